The summed E-state index contributed by atoms with van der Waals surface area (Å²) in [5.41, 5.74) is 0.355. The summed E-state index contributed by atoms with van der Waals surface area (Å²) >= 11 is 2.13. The van der Waals surface area contributed by atoms with Gasteiger partial charge in [0.15, 0.2) is 0 Å². The first-order valence-corrected chi connectivity index (χ1v) is 7.17. The number of hydrogen-bond acceptors (Lipinski definition) is 3. The molecule has 18 heavy (non-hydrogen) atoms. The second-order valence-electron chi connectivity index (χ2n) is 4.71. The van der Waals surface area contributed by atoms with Gasteiger partial charge >= 0.3 is 0 Å². The van der Waals surface area contributed by atoms with Gasteiger partial charge in [0.2, 0.25) is 0 Å². The second kappa shape index (κ2) is 5.88. The molecule has 1 amide bonds. The molecule has 1 aliphatic heterocycles. The highest BCUT2D eigenvalue weighted by molar-refractivity contribution is 14.1. The first-order chi connectivity index (χ1) is 8.56. The van der Waals surface area contributed by atoms with Crippen molar-refractivity contribution >= 4 is 28.5 Å². The Morgan fingerprint density at radius 2 is 2.33 bits per heavy atom. The standard InChI is InChI=1S/C13H17IN2O2/c1-8-6-10(4-5-15-8)16-13(18)11-7-9(14)2-3-12(11)17/h2-3,7-8,10,15,17H,4-6H2,1H3,(H,16,18). The zero-order valence-electron chi connectivity index (χ0n) is 10.2. The van der Waals surface area contributed by atoms with E-state index < -0.39 is 0 Å². The Kier molecular flexibility index (Phi) is 4.45. The number of phenolic OH excluding ortho intramolecular Hbond substituents is 1. The van der Waals surface area contributed by atoms with Crippen molar-refractivity contribution in [2.24, 2.45) is 0 Å². The Balaban J connectivity index is 2.05. The van der Waals surface area contributed by atoms with Crippen LogP contribution >= 0.6 is 22.6 Å². The van der Waals surface area contributed by atoms with E-state index in [2.05, 4.69) is 40.1 Å². The van der Waals surface area contributed by atoms with Crippen LogP contribution in [0.5, 0.6) is 5.75 Å². The summed E-state index contributed by atoms with van der Waals surface area (Å²) < 4.78 is 0.939. The van der Waals surface area contributed by atoms with Crippen molar-refractivity contribution in [1.82, 2.24) is 10.6 Å². The van der Waals surface area contributed by atoms with Crippen molar-refractivity contribution in [3.05, 3.63) is 27.3 Å². The van der Waals surface area contributed by atoms with Crippen LogP contribution in [0.25, 0.3) is 0 Å². The van der Waals surface area contributed by atoms with Crippen LogP contribution in [0.15, 0.2) is 18.2 Å². The third-order valence-corrected chi connectivity index (χ3v) is 3.83. The van der Waals surface area contributed by atoms with E-state index in [1.54, 1.807) is 18.2 Å². The van der Waals surface area contributed by atoms with Gasteiger partial charge in [-0.1, -0.05) is 0 Å². The van der Waals surface area contributed by atoms with E-state index in [1.165, 1.54) is 0 Å². The molecule has 1 fully saturated rings. The number of piperidine rings is 1. The molecule has 1 aromatic carbocycles. The molecule has 3 N–H and O–H groups in total. The van der Waals surface area contributed by atoms with Crippen LogP contribution in [0.1, 0.15) is 30.1 Å². The Morgan fingerprint density at radius 3 is 3.06 bits per heavy atom. The zero-order chi connectivity index (χ0) is 13.1. The lowest BCUT2D eigenvalue weighted by Crippen LogP contribution is -2.46. The minimum absolute atomic E-state index is 0.0369. The summed E-state index contributed by atoms with van der Waals surface area (Å²) in [4.78, 5) is 12.1. The molecule has 0 aliphatic carbocycles. The molecule has 0 aromatic heterocycles. The monoisotopic (exact) mass is 360 g/mol. The van der Waals surface area contributed by atoms with Crippen LogP contribution in [0, 0.1) is 3.57 Å². The van der Waals surface area contributed by atoms with Crippen molar-refractivity contribution in [3.8, 4) is 5.75 Å². The van der Waals surface area contributed by atoms with Crippen LogP contribution in [0.2, 0.25) is 0 Å². The van der Waals surface area contributed by atoms with Gasteiger partial charge in [-0.2, -0.15) is 0 Å². The lowest BCUT2D eigenvalue weighted by Gasteiger charge is -2.28. The average molecular weight is 360 g/mol. The smallest absolute Gasteiger partial charge is 0.255 e. The molecule has 1 saturated heterocycles. The fourth-order valence-electron chi connectivity index (χ4n) is 2.22. The second-order valence-corrected chi connectivity index (χ2v) is 5.96. The Labute approximate surface area is 120 Å². The third-order valence-electron chi connectivity index (χ3n) is 3.16. The number of halogens is 1. The molecule has 1 aliphatic rings. The van der Waals surface area contributed by atoms with Crippen molar-refractivity contribution in [1.29, 1.82) is 0 Å². The van der Waals surface area contributed by atoms with Crippen molar-refractivity contribution in [3.63, 3.8) is 0 Å². The number of benzene rings is 1. The lowest BCUT2D eigenvalue weighted by molar-refractivity contribution is 0.0923. The van der Waals surface area contributed by atoms with Crippen molar-refractivity contribution in [2.45, 2.75) is 31.8 Å². The zero-order valence-corrected chi connectivity index (χ0v) is 12.4. The maximum absolute atomic E-state index is 12.1. The van der Waals surface area contributed by atoms with Gasteiger partial charge in [-0.25, -0.2) is 0 Å². The van der Waals surface area contributed by atoms with E-state index in [4.69, 9.17) is 0 Å². The van der Waals surface area contributed by atoms with Gasteiger partial charge in [0.1, 0.15) is 5.75 Å². The molecule has 98 valence electrons. The predicted molar refractivity (Wildman–Crippen MR) is 78.8 cm³/mol. The number of carbonyl (C=O) groups is 1. The van der Waals surface area contributed by atoms with Crippen LogP contribution in [-0.4, -0.2) is 29.6 Å². The van der Waals surface area contributed by atoms with Gasteiger partial charge in [-0.3, -0.25) is 4.79 Å². The minimum Gasteiger partial charge on any atom is -0.507 e. The molecular weight excluding hydrogens is 343 g/mol. The summed E-state index contributed by atoms with van der Waals surface area (Å²) in [5.74, 6) is -0.153. The van der Waals surface area contributed by atoms with Crippen LogP contribution in [0.4, 0.5) is 0 Å². The van der Waals surface area contributed by atoms with Gasteiger partial charge in [0, 0.05) is 15.7 Å². The fourth-order valence-corrected chi connectivity index (χ4v) is 2.71. The van der Waals surface area contributed by atoms with Gasteiger partial charge < -0.3 is 15.7 Å². The molecule has 0 bridgehead atoms. The van der Waals surface area contributed by atoms with Crippen LogP contribution < -0.4 is 10.6 Å². The predicted octanol–water partition coefficient (Wildman–Crippen LogP) is 1.87. The van der Waals surface area contributed by atoms with Gasteiger partial charge in [-0.05, 0) is 67.1 Å². The lowest BCUT2D eigenvalue weighted by atomic mass is 10.00. The molecule has 2 rings (SSSR count). The molecule has 5 heteroatoms. The number of nitrogens with one attached hydrogen (secondary N) is 2. The number of aromatic hydroxyl groups is 1. The summed E-state index contributed by atoms with van der Waals surface area (Å²) in [6.07, 6.45) is 1.86. The maximum Gasteiger partial charge on any atom is 0.255 e. The first-order valence-electron chi connectivity index (χ1n) is 6.09. The Bertz CT molecular complexity index is 451. The molecule has 0 spiro atoms. The van der Waals surface area contributed by atoms with E-state index >= 15 is 0 Å². The van der Waals surface area contributed by atoms with E-state index in [-0.39, 0.29) is 17.7 Å². The first kappa shape index (κ1) is 13.6. The number of phenols is 1. The highest BCUT2D eigenvalue weighted by atomic mass is 127. The number of rotatable bonds is 2. The van der Waals surface area contributed by atoms with Crippen molar-refractivity contribution < 1.29 is 9.90 Å². The molecule has 0 saturated carbocycles. The maximum atomic E-state index is 12.1. The van der Waals surface area contributed by atoms with Gasteiger partial charge in [-0.15, -0.1) is 0 Å². The number of hydrogen-bond donors (Lipinski definition) is 3. The highest BCUT2D eigenvalue weighted by Crippen LogP contribution is 2.20. The van der Waals surface area contributed by atoms with E-state index in [1.807, 2.05) is 0 Å². The van der Waals surface area contributed by atoms with Crippen LogP contribution in [0.3, 0.4) is 0 Å². The minimum atomic E-state index is -0.190. The summed E-state index contributed by atoms with van der Waals surface area (Å²) in [5, 5.41) is 16.0. The normalized spacial score (nSPS) is 23.7. The molecule has 1 aromatic rings. The van der Waals surface area contributed by atoms with Crippen molar-refractivity contribution in [2.75, 3.05) is 6.54 Å². The molecule has 4 nitrogen and oxygen atoms in total. The Hall–Kier alpha value is -0.820. The summed E-state index contributed by atoms with van der Waals surface area (Å²) in [7, 11) is 0. The molecule has 2 unspecified atom stereocenters. The fraction of sp³-hybridized carbons (Fsp3) is 0.462. The van der Waals surface area contributed by atoms with E-state index in [0.717, 1.165) is 23.0 Å². The average Bonchev–Trinajstić information content (AvgIpc) is 2.32. The largest absolute Gasteiger partial charge is 0.507 e. The third kappa shape index (κ3) is 3.35. The molecule has 0 radical (unpaired) electrons. The Morgan fingerprint density at radius 1 is 1.56 bits per heavy atom. The molecule has 1 heterocycles. The van der Waals surface area contributed by atoms with Crippen LogP contribution in [-0.2, 0) is 0 Å². The topological polar surface area (TPSA) is 61.4 Å². The molecular formula is C13H17IN2O2. The summed E-state index contributed by atoms with van der Waals surface area (Å²) in [6, 6.07) is 5.65. The molecule has 2 atom stereocenters. The van der Waals surface area contributed by atoms with E-state index in [9.17, 15) is 9.90 Å². The van der Waals surface area contributed by atoms with Gasteiger partial charge in [0.25, 0.3) is 5.91 Å². The summed E-state index contributed by atoms with van der Waals surface area (Å²) in [6.45, 7) is 3.03. The van der Waals surface area contributed by atoms with Gasteiger partial charge in [0.05, 0.1) is 5.56 Å². The highest BCUT2D eigenvalue weighted by Gasteiger charge is 2.21. The number of carbonyl (C=O) groups excluding carboxylic acids is 1. The number of amides is 1. The SMILES string of the molecule is CC1CC(NC(=O)c2cc(I)ccc2O)CCN1. The van der Waals surface area contributed by atoms with E-state index in [0.29, 0.717) is 11.6 Å². The quantitative estimate of drug-likeness (QED) is 0.706.